The molecule has 2 aromatic rings. The van der Waals surface area contributed by atoms with E-state index in [-0.39, 0.29) is 5.91 Å². The topological polar surface area (TPSA) is 39.7 Å². The molecule has 0 unspecified atom stereocenters. The van der Waals surface area contributed by atoms with Crippen molar-refractivity contribution in [1.82, 2.24) is 14.8 Å². The molecule has 0 radical (unpaired) electrons. The summed E-state index contributed by atoms with van der Waals surface area (Å²) < 4.78 is 0. The average molecular weight is 367 g/mol. The average Bonchev–Trinajstić information content (AvgIpc) is 2.63. The van der Waals surface area contributed by atoms with Gasteiger partial charge in [-0.1, -0.05) is 43.3 Å². The maximum Gasteiger partial charge on any atom is 0.227 e. The molecule has 0 atom stereocenters. The van der Waals surface area contributed by atoms with E-state index in [4.69, 9.17) is 0 Å². The lowest BCUT2D eigenvalue weighted by Crippen LogP contribution is -2.59. The van der Waals surface area contributed by atoms with E-state index in [1.165, 1.54) is 5.56 Å². The van der Waals surface area contributed by atoms with Gasteiger partial charge in [0, 0.05) is 50.9 Å². The third-order valence-corrected chi connectivity index (χ3v) is 5.23. The van der Waals surface area contributed by atoms with E-state index in [0.717, 1.165) is 37.7 Å². The van der Waals surface area contributed by atoms with Gasteiger partial charge >= 0.3 is 0 Å². The first-order valence-corrected chi connectivity index (χ1v) is 9.77. The summed E-state index contributed by atoms with van der Waals surface area (Å²) in [5, 5.41) is 0. The molecule has 0 bridgehead atoms. The number of aromatic nitrogens is 1. The first kappa shape index (κ1) is 19.5. The number of nitrogens with zero attached hydrogens (tertiary/aromatic N) is 4. The molecule has 1 amide bonds. The maximum absolute atomic E-state index is 12.4. The molecule has 0 spiro atoms. The van der Waals surface area contributed by atoms with Gasteiger partial charge in [0.25, 0.3) is 0 Å². The van der Waals surface area contributed by atoms with Gasteiger partial charge in [-0.15, -0.1) is 0 Å². The van der Waals surface area contributed by atoms with Gasteiger partial charge in [-0.05, 0) is 31.7 Å². The number of anilines is 1. The van der Waals surface area contributed by atoms with E-state index in [1.807, 2.05) is 36.9 Å². The van der Waals surface area contributed by atoms with Crippen molar-refractivity contribution in [3.63, 3.8) is 0 Å². The van der Waals surface area contributed by atoms with Crippen molar-refractivity contribution < 1.29 is 4.79 Å². The van der Waals surface area contributed by atoms with Crippen molar-refractivity contribution in [3.8, 4) is 0 Å². The maximum atomic E-state index is 12.4. The van der Waals surface area contributed by atoms with Gasteiger partial charge in [0.1, 0.15) is 5.82 Å². The number of carbonyl (C=O) groups excluding carboxylic acids is 1. The Morgan fingerprint density at radius 2 is 1.89 bits per heavy atom. The van der Waals surface area contributed by atoms with Gasteiger partial charge in [0.2, 0.25) is 5.91 Å². The van der Waals surface area contributed by atoms with Crippen LogP contribution in [-0.2, 0) is 11.3 Å². The molecule has 5 nitrogen and oxygen atoms in total. The highest BCUT2D eigenvalue weighted by Crippen LogP contribution is 2.18. The second-order valence-electron chi connectivity index (χ2n) is 7.35. The van der Waals surface area contributed by atoms with E-state index >= 15 is 0 Å². The smallest absolute Gasteiger partial charge is 0.227 e. The highest BCUT2D eigenvalue weighted by molar-refractivity contribution is 5.92. The molecular weight excluding hydrogens is 336 g/mol. The van der Waals surface area contributed by atoms with Crippen molar-refractivity contribution in [2.45, 2.75) is 32.9 Å². The van der Waals surface area contributed by atoms with Gasteiger partial charge in [-0.25, -0.2) is 4.98 Å². The Morgan fingerprint density at radius 3 is 2.56 bits per heavy atom. The fourth-order valence-corrected chi connectivity index (χ4v) is 3.48. The minimum Gasteiger partial charge on any atom is -0.298 e. The van der Waals surface area contributed by atoms with E-state index in [2.05, 4.69) is 52.2 Å². The molecule has 3 rings (SSSR count). The van der Waals surface area contributed by atoms with Crippen LogP contribution >= 0.6 is 0 Å². The summed E-state index contributed by atoms with van der Waals surface area (Å²) in [4.78, 5) is 23.6. The highest BCUT2D eigenvalue weighted by Gasteiger charge is 2.30. The molecule has 1 aliphatic rings. The van der Waals surface area contributed by atoms with E-state index in [0.29, 0.717) is 19.0 Å². The van der Waals surface area contributed by atoms with Crippen LogP contribution in [0.1, 0.15) is 24.6 Å². The Bertz CT molecular complexity index is 743. The monoisotopic (exact) mass is 366 g/mol. The Balaban J connectivity index is 1.49. The van der Waals surface area contributed by atoms with Crippen molar-refractivity contribution in [1.29, 1.82) is 0 Å². The summed E-state index contributed by atoms with van der Waals surface area (Å²) in [5.41, 5.74) is 2.29. The number of rotatable bonds is 8. The Morgan fingerprint density at radius 1 is 1.15 bits per heavy atom. The van der Waals surface area contributed by atoms with Crippen molar-refractivity contribution >= 4 is 11.7 Å². The van der Waals surface area contributed by atoms with Crippen LogP contribution in [0.4, 0.5) is 5.82 Å². The van der Waals surface area contributed by atoms with Crippen LogP contribution in [0.5, 0.6) is 0 Å². The van der Waals surface area contributed by atoms with Crippen molar-refractivity contribution in [3.05, 3.63) is 59.8 Å². The molecule has 1 aromatic carbocycles. The summed E-state index contributed by atoms with van der Waals surface area (Å²) in [6.45, 7) is 8.53. The first-order valence-electron chi connectivity index (χ1n) is 9.77. The zero-order valence-corrected chi connectivity index (χ0v) is 16.6. The number of likely N-dealkylation sites (tertiary alicyclic amines) is 1. The second-order valence-corrected chi connectivity index (χ2v) is 7.35. The number of pyridine rings is 1. The van der Waals surface area contributed by atoms with Crippen LogP contribution in [0.3, 0.4) is 0 Å². The van der Waals surface area contributed by atoms with Gasteiger partial charge in [-0.2, -0.15) is 0 Å². The third kappa shape index (κ3) is 5.15. The van der Waals surface area contributed by atoms with E-state index < -0.39 is 0 Å². The van der Waals surface area contributed by atoms with Crippen LogP contribution in [-0.4, -0.2) is 60.0 Å². The standard InChI is InChI=1S/C22H30N4O/c1-4-22(27)26(21-12-8-9-18(2)23-21)14-13-25-16-20(17-25)24(3)15-19-10-6-5-7-11-19/h5-12,20H,4,13-17H2,1-3H3. The molecule has 1 aliphatic heterocycles. The summed E-state index contributed by atoms with van der Waals surface area (Å²) in [5.74, 6) is 0.895. The van der Waals surface area contributed by atoms with Gasteiger partial charge in [-0.3, -0.25) is 19.5 Å². The molecule has 5 heteroatoms. The fourth-order valence-electron chi connectivity index (χ4n) is 3.48. The SMILES string of the molecule is CCC(=O)N(CCN1CC(N(C)Cc2ccccc2)C1)c1cccc(C)n1. The molecular formula is C22H30N4O. The minimum absolute atomic E-state index is 0.131. The number of benzene rings is 1. The molecule has 0 N–H and O–H groups in total. The van der Waals surface area contributed by atoms with Gasteiger partial charge < -0.3 is 0 Å². The number of amides is 1. The van der Waals surface area contributed by atoms with Crippen LogP contribution in [0, 0.1) is 6.92 Å². The molecule has 1 fully saturated rings. The van der Waals surface area contributed by atoms with Crippen molar-refractivity contribution in [2.24, 2.45) is 0 Å². The van der Waals surface area contributed by atoms with Crippen LogP contribution in [0.2, 0.25) is 0 Å². The van der Waals surface area contributed by atoms with E-state index in [1.54, 1.807) is 0 Å². The van der Waals surface area contributed by atoms with Gasteiger partial charge in [0.15, 0.2) is 0 Å². The van der Waals surface area contributed by atoms with Crippen LogP contribution < -0.4 is 4.90 Å². The molecule has 27 heavy (non-hydrogen) atoms. The Labute approximate surface area is 162 Å². The molecule has 1 saturated heterocycles. The predicted molar refractivity (Wildman–Crippen MR) is 110 cm³/mol. The quantitative estimate of drug-likeness (QED) is 0.720. The van der Waals surface area contributed by atoms with Crippen molar-refractivity contribution in [2.75, 3.05) is 38.1 Å². The molecule has 2 heterocycles. The second kappa shape index (κ2) is 9.11. The summed E-state index contributed by atoms with van der Waals surface area (Å²) in [7, 11) is 2.19. The van der Waals surface area contributed by atoms with Crippen LogP contribution in [0.15, 0.2) is 48.5 Å². The van der Waals surface area contributed by atoms with Gasteiger partial charge in [0.05, 0.1) is 0 Å². The fraction of sp³-hybridized carbons (Fsp3) is 0.455. The Hall–Kier alpha value is -2.24. The number of likely N-dealkylation sites (N-methyl/N-ethyl adjacent to an activating group) is 1. The molecule has 0 aliphatic carbocycles. The summed E-state index contributed by atoms with van der Waals surface area (Å²) >= 11 is 0. The third-order valence-electron chi connectivity index (χ3n) is 5.23. The summed E-state index contributed by atoms with van der Waals surface area (Å²) in [6, 6.07) is 17.0. The number of carbonyl (C=O) groups is 1. The lowest BCUT2D eigenvalue weighted by molar-refractivity contribution is -0.118. The number of aryl methyl sites for hydroxylation is 1. The largest absolute Gasteiger partial charge is 0.298 e. The van der Waals surface area contributed by atoms with E-state index in [9.17, 15) is 4.79 Å². The first-order chi connectivity index (χ1) is 13.1. The molecule has 144 valence electrons. The van der Waals surface area contributed by atoms with Crippen LogP contribution in [0.25, 0.3) is 0 Å². The summed E-state index contributed by atoms with van der Waals surface area (Å²) in [6.07, 6.45) is 0.498. The molecule has 1 aromatic heterocycles. The molecule has 0 saturated carbocycles. The lowest BCUT2D eigenvalue weighted by atomic mass is 10.1. The number of hydrogen-bond donors (Lipinski definition) is 0. The zero-order chi connectivity index (χ0) is 19.2. The Kier molecular flexibility index (Phi) is 6.58. The normalized spacial score (nSPS) is 15.0. The zero-order valence-electron chi connectivity index (χ0n) is 16.6. The highest BCUT2D eigenvalue weighted by atomic mass is 16.2. The minimum atomic E-state index is 0.131. The predicted octanol–water partition coefficient (Wildman–Crippen LogP) is 2.95. The lowest BCUT2D eigenvalue weighted by Gasteiger charge is -2.44. The number of hydrogen-bond acceptors (Lipinski definition) is 4.